The van der Waals surface area contributed by atoms with Crippen molar-refractivity contribution < 1.29 is 4.39 Å². The van der Waals surface area contributed by atoms with E-state index in [9.17, 15) is 4.39 Å². The smallest absolute Gasteiger partial charge is 0.142 e. The van der Waals surface area contributed by atoms with E-state index in [0.717, 1.165) is 25.1 Å². The second-order valence-corrected chi connectivity index (χ2v) is 6.26. The van der Waals surface area contributed by atoms with Crippen LogP contribution in [0.3, 0.4) is 0 Å². The van der Waals surface area contributed by atoms with Crippen LogP contribution in [0.2, 0.25) is 5.02 Å². The van der Waals surface area contributed by atoms with Crippen molar-refractivity contribution in [1.82, 2.24) is 5.32 Å². The summed E-state index contributed by atoms with van der Waals surface area (Å²) in [6.07, 6.45) is 7.37. The molecule has 0 aliphatic heterocycles. The maximum Gasteiger partial charge on any atom is 0.142 e. The average molecular weight is 298 g/mol. The summed E-state index contributed by atoms with van der Waals surface area (Å²) in [5, 5.41) is 3.80. The molecule has 1 aromatic rings. The lowest BCUT2D eigenvalue weighted by molar-refractivity contribution is 0.299. The molecule has 1 fully saturated rings. The first-order valence-electron chi connectivity index (χ1n) is 7.86. The van der Waals surface area contributed by atoms with Crippen LogP contribution in [0.4, 0.5) is 4.39 Å². The Morgan fingerprint density at radius 2 is 1.95 bits per heavy atom. The van der Waals surface area contributed by atoms with Crippen LogP contribution in [0.5, 0.6) is 0 Å². The van der Waals surface area contributed by atoms with Crippen LogP contribution in [0.1, 0.15) is 44.6 Å². The summed E-state index contributed by atoms with van der Waals surface area (Å²) >= 11 is 6.11. The molecule has 0 bridgehead atoms. The standard InChI is InChI=1S/C17H25ClFN/c1-2-20-12-15-8-5-3-4-7-13(15)11-14-9-6-10-16(19)17(14)18/h6,9-10,13,15,20H,2-5,7-8,11-12H2,1H3. The highest BCUT2D eigenvalue weighted by Crippen LogP contribution is 2.33. The minimum absolute atomic E-state index is 0.291. The van der Waals surface area contributed by atoms with Crippen molar-refractivity contribution in [2.24, 2.45) is 11.8 Å². The molecule has 2 unspecified atom stereocenters. The topological polar surface area (TPSA) is 12.0 Å². The van der Waals surface area contributed by atoms with Gasteiger partial charge in [-0.05, 0) is 55.8 Å². The molecule has 20 heavy (non-hydrogen) atoms. The first-order valence-corrected chi connectivity index (χ1v) is 8.23. The van der Waals surface area contributed by atoms with E-state index in [1.165, 1.54) is 38.2 Å². The van der Waals surface area contributed by atoms with E-state index in [-0.39, 0.29) is 5.82 Å². The van der Waals surface area contributed by atoms with Gasteiger partial charge < -0.3 is 5.32 Å². The molecule has 1 nitrogen and oxygen atoms in total. The third-order valence-corrected chi connectivity index (χ3v) is 4.91. The van der Waals surface area contributed by atoms with Crippen molar-refractivity contribution in [3.8, 4) is 0 Å². The molecule has 0 heterocycles. The van der Waals surface area contributed by atoms with Crippen molar-refractivity contribution in [2.75, 3.05) is 13.1 Å². The molecule has 1 aromatic carbocycles. The molecule has 0 aromatic heterocycles. The molecule has 0 amide bonds. The molecule has 3 heteroatoms. The molecular weight excluding hydrogens is 273 g/mol. The van der Waals surface area contributed by atoms with Gasteiger partial charge in [0.2, 0.25) is 0 Å². The Balaban J connectivity index is 2.08. The molecule has 1 aliphatic rings. The van der Waals surface area contributed by atoms with Crippen LogP contribution in [-0.2, 0) is 6.42 Å². The van der Waals surface area contributed by atoms with Gasteiger partial charge in [-0.2, -0.15) is 0 Å². The highest BCUT2D eigenvalue weighted by molar-refractivity contribution is 6.31. The summed E-state index contributed by atoms with van der Waals surface area (Å²) in [6.45, 7) is 4.24. The number of rotatable bonds is 5. The predicted octanol–water partition coefficient (Wildman–Crippen LogP) is 4.83. The largest absolute Gasteiger partial charge is 0.317 e. The first-order chi connectivity index (χ1) is 9.72. The Morgan fingerprint density at radius 1 is 1.20 bits per heavy atom. The van der Waals surface area contributed by atoms with Crippen molar-refractivity contribution in [2.45, 2.75) is 45.4 Å². The number of benzene rings is 1. The summed E-state index contributed by atoms with van der Waals surface area (Å²) < 4.78 is 13.6. The minimum Gasteiger partial charge on any atom is -0.317 e. The molecule has 1 saturated carbocycles. The van der Waals surface area contributed by atoms with Gasteiger partial charge in [-0.15, -0.1) is 0 Å². The van der Waals surface area contributed by atoms with E-state index < -0.39 is 0 Å². The van der Waals surface area contributed by atoms with Crippen LogP contribution in [-0.4, -0.2) is 13.1 Å². The molecule has 2 rings (SSSR count). The van der Waals surface area contributed by atoms with Gasteiger partial charge in [-0.1, -0.05) is 49.9 Å². The van der Waals surface area contributed by atoms with Gasteiger partial charge >= 0.3 is 0 Å². The maximum atomic E-state index is 13.6. The SMILES string of the molecule is CCNCC1CCCCCC1Cc1cccc(F)c1Cl. The zero-order valence-electron chi connectivity index (χ0n) is 12.3. The van der Waals surface area contributed by atoms with Crippen LogP contribution in [0, 0.1) is 17.7 Å². The molecule has 112 valence electrons. The normalized spacial score (nSPS) is 23.6. The van der Waals surface area contributed by atoms with Gasteiger partial charge in [0.15, 0.2) is 0 Å². The molecule has 1 N–H and O–H groups in total. The average Bonchev–Trinajstić information content (AvgIpc) is 2.67. The molecule has 0 spiro atoms. The third-order valence-electron chi connectivity index (χ3n) is 4.49. The van der Waals surface area contributed by atoms with E-state index >= 15 is 0 Å². The van der Waals surface area contributed by atoms with E-state index in [0.29, 0.717) is 16.9 Å². The summed E-state index contributed by atoms with van der Waals surface area (Å²) in [5.41, 5.74) is 0.972. The number of hydrogen-bond acceptors (Lipinski definition) is 1. The fourth-order valence-electron chi connectivity index (χ4n) is 3.32. The van der Waals surface area contributed by atoms with Gasteiger partial charge in [-0.3, -0.25) is 0 Å². The quantitative estimate of drug-likeness (QED) is 0.768. The minimum atomic E-state index is -0.291. The maximum absolute atomic E-state index is 13.6. The lowest BCUT2D eigenvalue weighted by Gasteiger charge is -2.26. The zero-order chi connectivity index (χ0) is 14.4. The number of halogens is 2. The summed E-state index contributed by atoms with van der Waals surface area (Å²) in [4.78, 5) is 0. The fourth-order valence-corrected chi connectivity index (χ4v) is 3.52. The van der Waals surface area contributed by atoms with E-state index in [1.807, 2.05) is 6.07 Å². The van der Waals surface area contributed by atoms with Crippen molar-refractivity contribution in [3.63, 3.8) is 0 Å². The van der Waals surface area contributed by atoms with E-state index in [4.69, 9.17) is 11.6 Å². The molecule has 0 radical (unpaired) electrons. The van der Waals surface area contributed by atoms with Gasteiger partial charge in [0.25, 0.3) is 0 Å². The predicted molar refractivity (Wildman–Crippen MR) is 83.7 cm³/mol. The Hall–Kier alpha value is -0.600. The monoisotopic (exact) mass is 297 g/mol. The van der Waals surface area contributed by atoms with Crippen LogP contribution >= 0.6 is 11.6 Å². The van der Waals surface area contributed by atoms with Gasteiger partial charge in [0, 0.05) is 0 Å². The fraction of sp³-hybridized carbons (Fsp3) is 0.647. The highest BCUT2D eigenvalue weighted by Gasteiger charge is 2.24. The summed E-state index contributed by atoms with van der Waals surface area (Å²) in [7, 11) is 0. The number of nitrogens with one attached hydrogen (secondary N) is 1. The Bertz CT molecular complexity index is 421. The van der Waals surface area contributed by atoms with Crippen LogP contribution < -0.4 is 5.32 Å². The molecule has 0 saturated heterocycles. The molecular formula is C17H25ClFN. The lowest BCUT2D eigenvalue weighted by Crippen LogP contribution is -2.28. The van der Waals surface area contributed by atoms with E-state index in [1.54, 1.807) is 6.07 Å². The zero-order valence-corrected chi connectivity index (χ0v) is 13.1. The second-order valence-electron chi connectivity index (χ2n) is 5.88. The van der Waals surface area contributed by atoms with Crippen molar-refractivity contribution >= 4 is 11.6 Å². The Kier molecular flexibility index (Phi) is 6.31. The molecule has 2 atom stereocenters. The van der Waals surface area contributed by atoms with Crippen molar-refractivity contribution in [1.29, 1.82) is 0 Å². The van der Waals surface area contributed by atoms with E-state index in [2.05, 4.69) is 12.2 Å². The third kappa shape index (κ3) is 4.20. The van der Waals surface area contributed by atoms with Gasteiger partial charge in [-0.25, -0.2) is 4.39 Å². The van der Waals surface area contributed by atoms with Crippen LogP contribution in [0.25, 0.3) is 0 Å². The Labute approximate surface area is 126 Å². The number of hydrogen-bond donors (Lipinski definition) is 1. The summed E-state index contributed by atoms with van der Waals surface area (Å²) in [6, 6.07) is 5.18. The first kappa shape index (κ1) is 15.8. The Morgan fingerprint density at radius 3 is 2.70 bits per heavy atom. The van der Waals surface area contributed by atoms with Gasteiger partial charge in [0.05, 0.1) is 5.02 Å². The molecule has 1 aliphatic carbocycles. The second kappa shape index (κ2) is 7.99. The summed E-state index contributed by atoms with van der Waals surface area (Å²) in [5.74, 6) is 1.02. The highest BCUT2D eigenvalue weighted by atomic mass is 35.5. The van der Waals surface area contributed by atoms with Crippen molar-refractivity contribution in [3.05, 3.63) is 34.6 Å². The van der Waals surface area contributed by atoms with Crippen LogP contribution in [0.15, 0.2) is 18.2 Å². The van der Waals surface area contributed by atoms with Gasteiger partial charge in [0.1, 0.15) is 5.82 Å². The lowest BCUT2D eigenvalue weighted by atomic mass is 9.83.